The zero-order chi connectivity index (χ0) is 29.4. The highest BCUT2D eigenvalue weighted by molar-refractivity contribution is 4.91. The van der Waals surface area contributed by atoms with Crippen molar-refractivity contribution in [2.45, 2.75) is 145 Å². The van der Waals surface area contributed by atoms with Crippen molar-refractivity contribution < 1.29 is 42.6 Å². The first kappa shape index (κ1) is 45.6. The molecule has 3 aliphatic carbocycles. The van der Waals surface area contributed by atoms with Crippen LogP contribution in [0.25, 0.3) is 0 Å². The Morgan fingerprint density at radius 2 is 0.457 bits per heavy atom. The van der Waals surface area contributed by atoms with E-state index >= 15 is 0 Å². The molecule has 0 radical (unpaired) electrons. The van der Waals surface area contributed by atoms with Crippen molar-refractivity contribution in [2.75, 3.05) is 79.3 Å². The van der Waals surface area contributed by atoms with Crippen LogP contribution < -0.4 is 0 Å². The van der Waals surface area contributed by atoms with Gasteiger partial charge in [0, 0.05) is 0 Å². The van der Waals surface area contributed by atoms with Crippen LogP contribution in [0.2, 0.25) is 0 Å². The molecule has 9 nitrogen and oxygen atoms in total. The molecule has 278 valence electrons. The fraction of sp³-hybridized carbons (Fsp3) is 1.00. The molecule has 12 rings (SSSR count). The summed E-state index contributed by atoms with van der Waals surface area (Å²) in [5, 5.41) is 0. The molecule has 9 heterocycles. The zero-order valence-electron chi connectivity index (χ0n) is 26.7. The molecule has 12 aliphatic rings. The van der Waals surface area contributed by atoms with Crippen molar-refractivity contribution in [2.24, 2.45) is 17.8 Å². The van der Waals surface area contributed by atoms with E-state index in [4.69, 9.17) is 14.2 Å². The fourth-order valence-corrected chi connectivity index (χ4v) is 4.81. The Bertz CT molecular complexity index is 561. The molecule has 46 heavy (non-hydrogen) atoms. The summed E-state index contributed by atoms with van der Waals surface area (Å²) in [5.41, 5.74) is 0. The van der Waals surface area contributed by atoms with Crippen LogP contribution in [0, 0.1) is 17.8 Å². The average molecular weight is 665 g/mol. The van der Waals surface area contributed by atoms with Crippen LogP contribution >= 0.6 is 0 Å². The van der Waals surface area contributed by atoms with Gasteiger partial charge in [0.1, 0.15) is 0 Å². The van der Waals surface area contributed by atoms with Crippen molar-refractivity contribution in [1.29, 1.82) is 0 Å². The Morgan fingerprint density at radius 1 is 0.283 bits per heavy atom. The molecule has 9 unspecified atom stereocenters. The Labute approximate surface area is 284 Å². The topological polar surface area (TPSA) is 113 Å². The molecule has 0 aromatic rings. The third-order valence-electron chi connectivity index (χ3n) is 8.02. The lowest BCUT2D eigenvalue weighted by Gasteiger charge is -2.11. The minimum Gasteiger partial charge on any atom is -0.377 e. The standard InChI is InChI=1S/3C7H12O.6C2H4O.4CH4/c3*1-5-2-3-6-7(4-5)8-6;6*1-2-3-1;;;;/h3*5-7H,2-4H2,1H3;6*1-2H2;4*1H4. The summed E-state index contributed by atoms with van der Waals surface area (Å²) in [6.07, 6.45) is 16.2. The Kier molecular flexibility index (Phi) is 26.3. The van der Waals surface area contributed by atoms with Gasteiger partial charge in [-0.2, -0.15) is 0 Å². The van der Waals surface area contributed by atoms with Gasteiger partial charge in [-0.3, -0.25) is 0 Å². The Morgan fingerprint density at radius 3 is 0.565 bits per heavy atom. The lowest BCUT2D eigenvalue weighted by molar-refractivity contribution is 0.367. The summed E-state index contributed by atoms with van der Waals surface area (Å²) in [7, 11) is 0. The summed E-state index contributed by atoms with van der Waals surface area (Å²) in [4.78, 5) is 0. The van der Waals surface area contributed by atoms with E-state index in [1.165, 1.54) is 57.8 Å². The van der Waals surface area contributed by atoms with Gasteiger partial charge in [0.2, 0.25) is 0 Å². The van der Waals surface area contributed by atoms with E-state index in [0.717, 1.165) is 97.0 Å². The second-order valence-corrected chi connectivity index (χ2v) is 13.1. The smallest absolute Gasteiger partial charge is 0.0844 e. The lowest BCUT2D eigenvalue weighted by atomic mass is 9.91. The first-order valence-electron chi connectivity index (χ1n) is 17.0. The van der Waals surface area contributed by atoms with Gasteiger partial charge in [-0.05, 0) is 75.5 Å². The number of hydrogen-bond acceptors (Lipinski definition) is 9. The third-order valence-corrected chi connectivity index (χ3v) is 8.02. The van der Waals surface area contributed by atoms with Crippen LogP contribution in [0.5, 0.6) is 0 Å². The van der Waals surface area contributed by atoms with E-state index < -0.39 is 0 Å². The molecule has 12 fully saturated rings. The molecule has 0 aromatic heterocycles. The SMILES string of the molecule is C.C.C.C.C1CO1.C1CO1.C1CO1.C1CO1.C1CO1.C1CO1.CC1CCC2OC2C1.CC1CCC2OC2C1.CC1CCC2OC2C1. The minimum atomic E-state index is 0. The van der Waals surface area contributed by atoms with Crippen molar-refractivity contribution in [3.8, 4) is 0 Å². The maximum absolute atomic E-state index is 5.35. The van der Waals surface area contributed by atoms with Crippen LogP contribution in [0.3, 0.4) is 0 Å². The first-order valence-corrected chi connectivity index (χ1v) is 17.0. The average Bonchev–Trinajstić information content (AvgIpc) is 3.76. The molecule has 0 amide bonds. The minimum absolute atomic E-state index is 0. The van der Waals surface area contributed by atoms with Crippen LogP contribution in [0.15, 0.2) is 0 Å². The molecule has 9 atom stereocenters. The van der Waals surface area contributed by atoms with Gasteiger partial charge in [0.05, 0.1) is 116 Å². The van der Waals surface area contributed by atoms with Crippen LogP contribution in [-0.4, -0.2) is 116 Å². The Balaban J connectivity index is 0.000000508. The maximum Gasteiger partial charge on any atom is 0.0844 e. The van der Waals surface area contributed by atoms with Gasteiger partial charge >= 0.3 is 0 Å². The molecule has 0 aromatic carbocycles. The first-order chi connectivity index (χ1) is 20.6. The van der Waals surface area contributed by atoms with Gasteiger partial charge in [-0.15, -0.1) is 0 Å². The molecule has 0 spiro atoms. The highest BCUT2D eigenvalue weighted by atomic mass is 16.6. The van der Waals surface area contributed by atoms with Crippen LogP contribution in [0.4, 0.5) is 0 Å². The number of ether oxygens (including phenoxy) is 9. The molecule has 0 N–H and O–H groups in total. The van der Waals surface area contributed by atoms with Gasteiger partial charge in [0.15, 0.2) is 0 Å². The van der Waals surface area contributed by atoms with Crippen molar-refractivity contribution in [3.63, 3.8) is 0 Å². The van der Waals surface area contributed by atoms with E-state index in [2.05, 4.69) is 49.2 Å². The quantitative estimate of drug-likeness (QED) is 0.245. The van der Waals surface area contributed by atoms with Gasteiger partial charge < -0.3 is 42.6 Å². The molecule has 3 saturated carbocycles. The van der Waals surface area contributed by atoms with Gasteiger partial charge in [-0.1, -0.05) is 50.5 Å². The number of rotatable bonds is 0. The zero-order valence-corrected chi connectivity index (χ0v) is 26.7. The molecule has 9 heteroatoms. The van der Waals surface area contributed by atoms with Crippen LogP contribution in [0.1, 0.15) is 108 Å². The number of fused-ring (bicyclic) bond motifs is 3. The lowest BCUT2D eigenvalue weighted by Crippen LogP contribution is -2.09. The predicted molar refractivity (Wildman–Crippen MR) is 187 cm³/mol. The van der Waals surface area contributed by atoms with Crippen LogP contribution in [-0.2, 0) is 42.6 Å². The summed E-state index contributed by atoms with van der Waals surface area (Å²) >= 11 is 0. The summed E-state index contributed by atoms with van der Waals surface area (Å²) < 4.78 is 43.0. The monoisotopic (exact) mass is 665 g/mol. The number of hydrogen-bond donors (Lipinski definition) is 0. The third kappa shape index (κ3) is 30.9. The second-order valence-electron chi connectivity index (χ2n) is 13.1. The molecular formula is C37H76O9. The summed E-state index contributed by atoms with van der Waals surface area (Å²) in [6.45, 7) is 19.0. The fourth-order valence-electron chi connectivity index (χ4n) is 4.81. The molecule has 0 bridgehead atoms. The van der Waals surface area contributed by atoms with E-state index in [9.17, 15) is 0 Å². The van der Waals surface area contributed by atoms with E-state index in [0.29, 0.717) is 36.6 Å². The predicted octanol–water partition coefficient (Wildman–Crippen LogP) is 7.37. The second kappa shape index (κ2) is 26.5. The highest BCUT2D eigenvalue weighted by Gasteiger charge is 2.43. The van der Waals surface area contributed by atoms with Gasteiger partial charge in [0.25, 0.3) is 0 Å². The molecule has 9 aliphatic heterocycles. The largest absolute Gasteiger partial charge is 0.377 e. The van der Waals surface area contributed by atoms with Gasteiger partial charge in [-0.25, -0.2) is 0 Å². The normalized spacial score (nSPS) is 37.0. The summed E-state index contributed by atoms with van der Waals surface area (Å²) in [5.74, 6) is 2.79. The van der Waals surface area contributed by atoms with Crippen molar-refractivity contribution in [3.05, 3.63) is 0 Å². The van der Waals surface area contributed by atoms with E-state index in [1.807, 2.05) is 0 Å². The summed E-state index contributed by atoms with van der Waals surface area (Å²) in [6, 6.07) is 0. The molecule has 9 saturated heterocycles. The highest BCUT2D eigenvalue weighted by Crippen LogP contribution is 2.40. The van der Waals surface area contributed by atoms with Crippen molar-refractivity contribution >= 4 is 0 Å². The molecular weight excluding hydrogens is 588 g/mol. The van der Waals surface area contributed by atoms with E-state index in [-0.39, 0.29) is 29.7 Å². The Hall–Kier alpha value is -0.360. The van der Waals surface area contributed by atoms with Crippen molar-refractivity contribution in [1.82, 2.24) is 0 Å². The maximum atomic E-state index is 5.35. The van der Waals surface area contributed by atoms with E-state index in [1.54, 1.807) is 0 Å². The number of epoxide rings is 9.